The normalized spacial score (nSPS) is 12.7. The van der Waals surface area contributed by atoms with E-state index in [0.29, 0.717) is 6.17 Å². The molecule has 1 N–H and O–H groups in total. The van der Waals surface area contributed by atoms with Crippen molar-refractivity contribution in [3.05, 3.63) is 55.1 Å². The van der Waals surface area contributed by atoms with Crippen LogP contribution in [0.2, 0.25) is 0 Å². The molecule has 0 aliphatic rings. The summed E-state index contributed by atoms with van der Waals surface area (Å²) < 4.78 is 32.1. The molecule has 0 saturated heterocycles. The van der Waals surface area contributed by atoms with Gasteiger partial charge in [-0.1, -0.05) is 37.3 Å². The highest BCUT2D eigenvalue weighted by molar-refractivity contribution is 7.85. The Labute approximate surface area is 147 Å². The van der Waals surface area contributed by atoms with Crippen LogP contribution < -0.4 is 5.32 Å². The summed E-state index contributed by atoms with van der Waals surface area (Å²) in [4.78, 5) is -0.178. The number of nitrogens with one attached hydrogen (secondary N) is 1. The Morgan fingerprint density at radius 1 is 1.21 bits per heavy atom. The monoisotopic (exact) mass is 354 g/mol. The SMILES string of the molecule is C=CCNC(CC)[N+](C)(C)CC=C.Cc1ccc(S(=O)(=O)[O-])cc1. The zero-order chi connectivity index (χ0) is 18.8. The summed E-state index contributed by atoms with van der Waals surface area (Å²) in [6, 6.07) is 5.78. The minimum absolute atomic E-state index is 0.178. The van der Waals surface area contributed by atoms with Crippen molar-refractivity contribution in [3.8, 4) is 0 Å². The Hall–Kier alpha value is -1.47. The van der Waals surface area contributed by atoms with Crippen LogP contribution in [0.3, 0.4) is 0 Å². The van der Waals surface area contributed by atoms with Crippen molar-refractivity contribution < 1.29 is 17.5 Å². The fraction of sp³-hybridized carbons (Fsp3) is 0.444. The van der Waals surface area contributed by atoms with Gasteiger partial charge in [0, 0.05) is 13.0 Å². The largest absolute Gasteiger partial charge is 0.744 e. The average Bonchev–Trinajstić information content (AvgIpc) is 2.48. The summed E-state index contributed by atoms with van der Waals surface area (Å²) in [6.07, 6.45) is 5.47. The van der Waals surface area contributed by atoms with Gasteiger partial charge in [-0.05, 0) is 25.1 Å². The van der Waals surface area contributed by atoms with E-state index in [2.05, 4.69) is 39.5 Å². The van der Waals surface area contributed by atoms with Crippen molar-refractivity contribution >= 4 is 10.1 Å². The first-order valence-electron chi connectivity index (χ1n) is 7.88. The van der Waals surface area contributed by atoms with E-state index < -0.39 is 10.1 Å². The number of hydrogen-bond donors (Lipinski definition) is 1. The summed E-state index contributed by atoms with van der Waals surface area (Å²) in [5.74, 6) is 0. The van der Waals surface area contributed by atoms with Crippen LogP contribution in [0.15, 0.2) is 54.5 Å². The summed E-state index contributed by atoms with van der Waals surface area (Å²) in [7, 11) is 0.159. The molecule has 0 aliphatic carbocycles. The minimum Gasteiger partial charge on any atom is -0.744 e. The zero-order valence-electron chi connectivity index (χ0n) is 15.2. The van der Waals surface area contributed by atoms with Crippen LogP contribution in [0.5, 0.6) is 0 Å². The van der Waals surface area contributed by atoms with Gasteiger partial charge in [-0.2, -0.15) is 0 Å². The number of benzene rings is 1. The number of quaternary nitrogens is 1. The minimum atomic E-state index is -4.27. The molecule has 0 heterocycles. The van der Waals surface area contributed by atoms with Crippen LogP contribution in [-0.2, 0) is 10.1 Å². The molecule has 1 atom stereocenters. The lowest BCUT2D eigenvalue weighted by molar-refractivity contribution is -0.913. The number of hydrogen-bond acceptors (Lipinski definition) is 4. The molecule has 1 aromatic rings. The van der Waals surface area contributed by atoms with Crippen molar-refractivity contribution in [2.75, 3.05) is 27.2 Å². The Morgan fingerprint density at radius 2 is 1.75 bits per heavy atom. The summed E-state index contributed by atoms with van der Waals surface area (Å²) >= 11 is 0. The fourth-order valence-electron chi connectivity index (χ4n) is 2.27. The zero-order valence-corrected chi connectivity index (χ0v) is 16.0. The molecule has 1 aromatic carbocycles. The lowest BCUT2D eigenvalue weighted by Gasteiger charge is -2.37. The van der Waals surface area contributed by atoms with E-state index in [4.69, 9.17) is 0 Å². The van der Waals surface area contributed by atoms with Gasteiger partial charge in [-0.15, -0.1) is 6.58 Å². The maximum Gasteiger partial charge on any atom is 0.142 e. The van der Waals surface area contributed by atoms with Crippen molar-refractivity contribution in [2.24, 2.45) is 0 Å². The highest BCUT2D eigenvalue weighted by atomic mass is 32.2. The number of rotatable bonds is 8. The Bertz CT molecular complexity index is 608. The van der Waals surface area contributed by atoms with E-state index in [-0.39, 0.29) is 4.90 Å². The first-order valence-corrected chi connectivity index (χ1v) is 9.29. The molecule has 0 fully saturated rings. The molecule has 24 heavy (non-hydrogen) atoms. The van der Waals surface area contributed by atoms with Gasteiger partial charge in [0.1, 0.15) is 16.3 Å². The Balaban J connectivity index is 0.000000446. The molecule has 0 saturated carbocycles. The molecule has 0 radical (unpaired) electrons. The molecule has 1 rings (SSSR count). The predicted molar refractivity (Wildman–Crippen MR) is 98.6 cm³/mol. The predicted octanol–water partition coefficient (Wildman–Crippen LogP) is 2.66. The van der Waals surface area contributed by atoms with Gasteiger partial charge in [0.2, 0.25) is 0 Å². The second-order valence-corrected chi connectivity index (χ2v) is 7.52. The molecule has 136 valence electrons. The molecule has 0 amide bonds. The van der Waals surface area contributed by atoms with Crippen LogP contribution >= 0.6 is 0 Å². The molecular formula is C18H30N2O3S. The van der Waals surface area contributed by atoms with Crippen molar-refractivity contribution in [3.63, 3.8) is 0 Å². The molecule has 5 nitrogen and oxygen atoms in total. The summed E-state index contributed by atoms with van der Waals surface area (Å²) in [5.41, 5.74) is 0.928. The van der Waals surface area contributed by atoms with E-state index in [1.54, 1.807) is 12.1 Å². The van der Waals surface area contributed by atoms with Crippen LogP contribution in [0.4, 0.5) is 0 Å². The van der Waals surface area contributed by atoms with E-state index in [9.17, 15) is 13.0 Å². The molecule has 6 heteroatoms. The summed E-state index contributed by atoms with van der Waals surface area (Å²) in [6.45, 7) is 13.4. The lowest BCUT2D eigenvalue weighted by Crippen LogP contribution is -2.55. The molecule has 0 spiro atoms. The first kappa shape index (κ1) is 22.5. The second-order valence-electron chi connectivity index (χ2n) is 6.14. The fourth-order valence-corrected chi connectivity index (χ4v) is 2.74. The Kier molecular flexibility index (Phi) is 9.77. The maximum atomic E-state index is 10.4. The topological polar surface area (TPSA) is 69.2 Å². The molecule has 0 bridgehead atoms. The van der Waals surface area contributed by atoms with Gasteiger partial charge in [-0.3, -0.25) is 5.32 Å². The third-order valence-corrected chi connectivity index (χ3v) is 4.49. The number of nitrogens with zero attached hydrogens (tertiary/aromatic N) is 1. The van der Waals surface area contributed by atoms with Gasteiger partial charge < -0.3 is 9.04 Å². The first-order chi connectivity index (χ1) is 11.1. The molecule has 0 aromatic heterocycles. The lowest BCUT2D eigenvalue weighted by atomic mass is 10.2. The van der Waals surface area contributed by atoms with Crippen molar-refractivity contribution in [2.45, 2.75) is 31.3 Å². The standard InChI is InChI=1S/C11H23N2.C7H8O3S/c1-6-9-12-11(8-3)13(4,5)10-7-2;1-6-2-4-7(5-3-6)11(8,9)10/h6-7,11-12H,1-2,8-10H2,3-5H3;2-5H,1H3,(H,8,9,10)/q+1;/p-1. The van der Waals surface area contributed by atoms with E-state index in [0.717, 1.165) is 29.6 Å². The van der Waals surface area contributed by atoms with Crippen LogP contribution in [0, 0.1) is 6.92 Å². The van der Waals surface area contributed by atoms with Crippen LogP contribution in [0.1, 0.15) is 18.9 Å². The van der Waals surface area contributed by atoms with E-state index in [1.165, 1.54) is 12.1 Å². The van der Waals surface area contributed by atoms with Gasteiger partial charge >= 0.3 is 0 Å². The number of likely N-dealkylation sites (N-methyl/N-ethyl adjacent to an activating group) is 1. The molecular weight excluding hydrogens is 324 g/mol. The van der Waals surface area contributed by atoms with Gasteiger partial charge in [-0.25, -0.2) is 8.42 Å². The van der Waals surface area contributed by atoms with Gasteiger partial charge in [0.05, 0.1) is 25.5 Å². The number of aryl methyl sites for hydroxylation is 1. The van der Waals surface area contributed by atoms with Gasteiger partial charge in [0.25, 0.3) is 0 Å². The highest BCUT2D eigenvalue weighted by Crippen LogP contribution is 2.08. The molecule has 1 unspecified atom stereocenters. The smallest absolute Gasteiger partial charge is 0.142 e. The quantitative estimate of drug-likeness (QED) is 0.337. The van der Waals surface area contributed by atoms with Crippen molar-refractivity contribution in [1.29, 1.82) is 0 Å². The van der Waals surface area contributed by atoms with E-state index >= 15 is 0 Å². The third kappa shape index (κ3) is 8.40. The van der Waals surface area contributed by atoms with E-state index in [1.807, 2.05) is 19.1 Å². The third-order valence-electron chi connectivity index (χ3n) is 3.64. The van der Waals surface area contributed by atoms with Crippen LogP contribution in [0.25, 0.3) is 0 Å². The summed E-state index contributed by atoms with van der Waals surface area (Å²) in [5, 5.41) is 3.45. The molecule has 0 aliphatic heterocycles. The maximum absolute atomic E-state index is 10.4. The second kappa shape index (κ2) is 10.4. The van der Waals surface area contributed by atoms with Crippen LogP contribution in [-0.4, -0.2) is 50.8 Å². The van der Waals surface area contributed by atoms with Gasteiger partial charge in [0.15, 0.2) is 0 Å². The Morgan fingerprint density at radius 3 is 2.12 bits per heavy atom. The van der Waals surface area contributed by atoms with Crippen molar-refractivity contribution in [1.82, 2.24) is 5.32 Å². The average molecular weight is 355 g/mol. The highest BCUT2D eigenvalue weighted by Gasteiger charge is 2.23.